The molecule has 0 aliphatic rings. The maximum Gasteiger partial charge on any atom is 0.330 e. The molecule has 0 amide bonds. The quantitative estimate of drug-likeness (QED) is 0.0639. The van der Waals surface area contributed by atoms with E-state index in [2.05, 4.69) is 33.6 Å². The summed E-state index contributed by atoms with van der Waals surface area (Å²) in [7, 11) is 0. The molecule has 0 fully saturated rings. The van der Waals surface area contributed by atoms with Crippen LogP contribution in [0.25, 0.3) is 0 Å². The van der Waals surface area contributed by atoms with Gasteiger partial charge < -0.3 is 18.9 Å². The lowest BCUT2D eigenvalue weighted by atomic mass is 10.2. The summed E-state index contributed by atoms with van der Waals surface area (Å²) in [6.07, 6.45) is 5.27. The van der Waals surface area contributed by atoms with Crippen LogP contribution in [0.15, 0.2) is 112 Å². The van der Waals surface area contributed by atoms with Crippen molar-refractivity contribution in [3.8, 4) is 11.5 Å². The molecule has 10 nitrogen and oxygen atoms in total. The minimum absolute atomic E-state index is 0.349. The number of esters is 2. The van der Waals surface area contributed by atoms with Crippen molar-refractivity contribution < 1.29 is 28.5 Å². The molecule has 0 N–H and O–H groups in total. The molecule has 0 aliphatic carbocycles. The highest BCUT2D eigenvalue weighted by molar-refractivity contribution is 5.81. The van der Waals surface area contributed by atoms with Gasteiger partial charge in [0.2, 0.25) is 0 Å². The molecule has 10 heteroatoms. The van der Waals surface area contributed by atoms with E-state index in [4.69, 9.17) is 18.9 Å². The van der Waals surface area contributed by atoms with Gasteiger partial charge in [-0.15, -0.1) is 0 Å². The third kappa shape index (κ3) is 12.5. The normalized spacial score (nSPS) is 10.9. The number of hydrogen-bond donors (Lipinski definition) is 0. The van der Waals surface area contributed by atoms with E-state index in [0.29, 0.717) is 49.2 Å². The third-order valence-corrected chi connectivity index (χ3v) is 5.83. The fourth-order valence-corrected chi connectivity index (χ4v) is 3.53. The van der Waals surface area contributed by atoms with Crippen molar-refractivity contribution in [2.24, 2.45) is 20.5 Å². The van der Waals surface area contributed by atoms with Crippen molar-refractivity contribution in [3.05, 3.63) is 97.6 Å². The Hall–Kier alpha value is -5.12. The van der Waals surface area contributed by atoms with Gasteiger partial charge in [0.15, 0.2) is 0 Å². The van der Waals surface area contributed by atoms with Gasteiger partial charge in [-0.3, -0.25) is 0 Å². The Morgan fingerprint density at radius 2 is 1.02 bits per heavy atom. The molecule has 3 rings (SSSR count). The number of rotatable bonds is 18. The van der Waals surface area contributed by atoms with E-state index < -0.39 is 11.9 Å². The molecule has 0 radical (unpaired) electrons. The first-order valence-electron chi connectivity index (χ1n) is 13.9. The molecule has 3 aromatic carbocycles. The van der Waals surface area contributed by atoms with Crippen molar-refractivity contribution in [3.63, 3.8) is 0 Å². The van der Waals surface area contributed by atoms with Crippen LogP contribution in [-0.2, 0) is 19.1 Å². The first-order chi connectivity index (χ1) is 21.0. The van der Waals surface area contributed by atoms with Gasteiger partial charge in [0, 0.05) is 12.2 Å². The van der Waals surface area contributed by atoms with E-state index in [9.17, 15) is 9.59 Å². The van der Waals surface area contributed by atoms with Crippen LogP contribution in [0.4, 0.5) is 22.7 Å². The summed E-state index contributed by atoms with van der Waals surface area (Å²) in [5.41, 5.74) is 3.74. The highest BCUT2D eigenvalue weighted by Gasteiger charge is 2.03. The summed E-state index contributed by atoms with van der Waals surface area (Å²) in [4.78, 5) is 22.0. The second-order valence-electron chi connectivity index (χ2n) is 9.21. The van der Waals surface area contributed by atoms with Gasteiger partial charge in [-0.1, -0.05) is 13.2 Å². The number of hydrogen-bond acceptors (Lipinski definition) is 10. The Labute approximate surface area is 251 Å². The molecule has 0 aliphatic heterocycles. The summed E-state index contributed by atoms with van der Waals surface area (Å²) in [6, 6.07) is 20.2. The molecule has 0 heterocycles. The second kappa shape index (κ2) is 18.3. The van der Waals surface area contributed by atoms with Crippen molar-refractivity contribution in [1.82, 2.24) is 0 Å². The lowest BCUT2D eigenvalue weighted by Gasteiger charge is -2.09. The number of ether oxygens (including phenoxy) is 4. The molecule has 43 heavy (non-hydrogen) atoms. The number of carbonyl (C=O) groups is 2. The van der Waals surface area contributed by atoms with Crippen molar-refractivity contribution in [1.29, 1.82) is 0 Å². The average molecular weight is 585 g/mol. The molecule has 0 aromatic heterocycles. The predicted octanol–water partition coefficient (Wildman–Crippen LogP) is 8.60. The number of nitrogens with zero attached hydrogens (tertiary/aromatic N) is 4. The van der Waals surface area contributed by atoms with Crippen LogP contribution in [0, 0.1) is 6.92 Å². The largest absolute Gasteiger partial charge is 0.494 e. The minimum Gasteiger partial charge on any atom is -0.494 e. The van der Waals surface area contributed by atoms with Gasteiger partial charge in [0.1, 0.15) is 11.5 Å². The Bertz CT molecular complexity index is 1400. The van der Waals surface area contributed by atoms with Gasteiger partial charge in [0.25, 0.3) is 0 Å². The summed E-state index contributed by atoms with van der Waals surface area (Å²) in [5, 5.41) is 17.2. The van der Waals surface area contributed by atoms with Crippen molar-refractivity contribution in [2.75, 3.05) is 26.4 Å². The van der Waals surface area contributed by atoms with E-state index in [-0.39, 0.29) is 0 Å². The van der Waals surface area contributed by atoms with Gasteiger partial charge in [-0.2, -0.15) is 20.5 Å². The Kier molecular flexibility index (Phi) is 13.8. The van der Waals surface area contributed by atoms with Crippen molar-refractivity contribution >= 4 is 34.7 Å². The third-order valence-electron chi connectivity index (χ3n) is 5.83. The number of unbranched alkanes of at least 4 members (excludes halogenated alkanes) is 2. The fraction of sp³-hybridized carbons (Fsp3) is 0.273. The standard InChI is InChI=1S/C33H36N4O6/c1-4-32(38)42-22-8-6-20-40-30-17-14-28(15-18-30)35-34-26-10-12-27(13-11-26)36-37-29-16-19-31(25(3)24-29)41-21-7-9-23-43-33(39)5-2/h4-5,10-19,24H,1-2,6-9,20-23H2,3H3/b35-34+,37-36+. The highest BCUT2D eigenvalue weighted by atomic mass is 16.5. The first kappa shape index (κ1) is 32.4. The van der Waals surface area contributed by atoms with Gasteiger partial charge >= 0.3 is 11.9 Å². The lowest BCUT2D eigenvalue weighted by Crippen LogP contribution is -2.04. The molecule has 224 valence electrons. The molecular weight excluding hydrogens is 548 g/mol. The lowest BCUT2D eigenvalue weighted by molar-refractivity contribution is -0.138. The second-order valence-corrected chi connectivity index (χ2v) is 9.21. The monoisotopic (exact) mass is 584 g/mol. The summed E-state index contributed by atoms with van der Waals surface area (Å²) in [5.74, 6) is 0.682. The van der Waals surface area contributed by atoms with E-state index in [0.717, 1.165) is 54.9 Å². The van der Waals surface area contributed by atoms with Gasteiger partial charge in [0.05, 0.1) is 49.2 Å². The van der Waals surface area contributed by atoms with E-state index in [1.165, 1.54) is 0 Å². The summed E-state index contributed by atoms with van der Waals surface area (Å²) < 4.78 is 21.4. The molecule has 0 unspecified atom stereocenters. The smallest absolute Gasteiger partial charge is 0.330 e. The van der Waals surface area contributed by atoms with Crippen molar-refractivity contribution in [2.45, 2.75) is 32.6 Å². The zero-order valence-electron chi connectivity index (χ0n) is 24.3. The predicted molar refractivity (Wildman–Crippen MR) is 164 cm³/mol. The Morgan fingerprint density at radius 3 is 1.51 bits per heavy atom. The SMILES string of the molecule is C=CC(=O)OCCCCOc1ccc(/N=N/c2ccc(/N=N/c3ccc(OCCCCOC(=O)C=C)c(C)c3)cc2)cc1. The zero-order valence-corrected chi connectivity index (χ0v) is 24.3. The van der Waals surface area contributed by atoms with Crippen LogP contribution in [0.2, 0.25) is 0 Å². The molecule has 0 atom stereocenters. The average Bonchev–Trinajstić information content (AvgIpc) is 3.03. The molecule has 3 aromatic rings. The molecule has 0 saturated heterocycles. The molecular formula is C33H36N4O6. The maximum atomic E-state index is 11.0. The first-order valence-corrected chi connectivity index (χ1v) is 13.9. The summed E-state index contributed by atoms with van der Waals surface area (Å²) >= 11 is 0. The topological polar surface area (TPSA) is 120 Å². The van der Waals surface area contributed by atoms with Crippen LogP contribution in [0.1, 0.15) is 31.2 Å². The van der Waals surface area contributed by atoms with E-state index in [1.807, 2.05) is 73.7 Å². The van der Waals surface area contributed by atoms with Crippen LogP contribution < -0.4 is 9.47 Å². The number of azo groups is 2. The molecule has 0 bridgehead atoms. The highest BCUT2D eigenvalue weighted by Crippen LogP contribution is 2.27. The number of benzene rings is 3. The van der Waals surface area contributed by atoms with Crippen LogP contribution in [0.5, 0.6) is 11.5 Å². The zero-order chi connectivity index (χ0) is 30.7. The van der Waals surface area contributed by atoms with Crippen LogP contribution in [-0.4, -0.2) is 38.4 Å². The van der Waals surface area contributed by atoms with Crippen LogP contribution >= 0.6 is 0 Å². The summed E-state index contributed by atoms with van der Waals surface area (Å²) in [6.45, 7) is 10.4. The van der Waals surface area contributed by atoms with E-state index >= 15 is 0 Å². The Morgan fingerprint density at radius 1 is 0.605 bits per heavy atom. The Balaban J connectivity index is 1.40. The van der Waals surface area contributed by atoms with E-state index in [1.54, 1.807) is 0 Å². The fourth-order valence-electron chi connectivity index (χ4n) is 3.53. The number of carbonyl (C=O) groups excluding carboxylic acids is 2. The maximum absolute atomic E-state index is 11.0. The van der Waals surface area contributed by atoms with Gasteiger partial charge in [-0.05, 0) is 105 Å². The molecule has 0 saturated carbocycles. The number of aryl methyl sites for hydroxylation is 1. The van der Waals surface area contributed by atoms with Crippen LogP contribution in [0.3, 0.4) is 0 Å². The molecule has 0 spiro atoms. The van der Waals surface area contributed by atoms with Gasteiger partial charge in [-0.25, -0.2) is 9.59 Å². The minimum atomic E-state index is -0.414.